The van der Waals surface area contributed by atoms with Crippen LogP contribution in [0.25, 0.3) is 111 Å². The maximum absolute atomic E-state index is 5.24. The number of hydrogen-bond donors (Lipinski definition) is 0. The third-order valence-electron chi connectivity index (χ3n) is 12.2. The Morgan fingerprint density at radius 3 is 1.38 bits per heavy atom. The fourth-order valence-corrected chi connectivity index (χ4v) is 9.27. The predicted octanol–water partition coefficient (Wildman–Crippen LogP) is 14.7. The molecule has 0 radical (unpaired) electrons. The summed E-state index contributed by atoms with van der Waals surface area (Å²) in [5.74, 6) is 1.86. The standard InChI is InChI=1S/C58H39N5/c1-38-15-14-20-43(35-38)57-59-56(42-29-27-40(28-30-42)39-16-4-2-5-17-39)60-58(61-57)44-31-33-46(41-18-6-3-7-19-41)54(36-44)63-53-26-13-10-23-49(53)50-34-32-45(37-55(50)63)62-51-24-11-8-21-47(51)48-22-9-12-25-52(48)62/h2-37H,1H3. The normalized spacial score (nSPS) is 11.6. The second-order valence-electron chi connectivity index (χ2n) is 16.1. The summed E-state index contributed by atoms with van der Waals surface area (Å²) in [6, 6.07) is 77.6. The average Bonchev–Trinajstić information content (AvgIpc) is 3.87. The molecule has 63 heavy (non-hydrogen) atoms. The maximum atomic E-state index is 5.24. The van der Waals surface area contributed by atoms with Crippen molar-refractivity contribution in [2.45, 2.75) is 6.92 Å². The molecule has 0 fully saturated rings. The summed E-state index contributed by atoms with van der Waals surface area (Å²) in [5, 5.41) is 4.85. The SMILES string of the molecule is Cc1cccc(-c2nc(-c3ccc(-c4ccccc4)cc3)nc(-c3ccc(-c4ccccc4)c(-n4c5ccccc5c5ccc(-n6c7ccccc7c7ccccc76)cc54)c3)n2)c1. The maximum Gasteiger partial charge on any atom is 0.164 e. The Kier molecular flexibility index (Phi) is 8.64. The molecule has 5 heteroatoms. The minimum atomic E-state index is 0.608. The first kappa shape index (κ1) is 36.4. The topological polar surface area (TPSA) is 48.5 Å². The van der Waals surface area contributed by atoms with E-state index in [1.54, 1.807) is 0 Å². The molecule has 0 N–H and O–H groups in total. The van der Waals surface area contributed by atoms with Crippen molar-refractivity contribution in [1.29, 1.82) is 0 Å². The number of aryl methyl sites for hydroxylation is 1. The van der Waals surface area contributed by atoms with Crippen LogP contribution in [-0.4, -0.2) is 24.1 Å². The molecule has 0 saturated heterocycles. The van der Waals surface area contributed by atoms with E-state index in [9.17, 15) is 0 Å². The first-order chi connectivity index (χ1) is 31.1. The van der Waals surface area contributed by atoms with Crippen LogP contribution in [0.3, 0.4) is 0 Å². The number of rotatable bonds is 7. The number of fused-ring (bicyclic) bond motifs is 6. The summed E-state index contributed by atoms with van der Waals surface area (Å²) >= 11 is 0. The van der Waals surface area contributed by atoms with E-state index in [0.717, 1.165) is 61.4 Å². The Morgan fingerprint density at radius 1 is 0.302 bits per heavy atom. The van der Waals surface area contributed by atoms with E-state index in [1.165, 1.54) is 38.1 Å². The van der Waals surface area contributed by atoms with Crippen LogP contribution >= 0.6 is 0 Å². The molecule has 9 aromatic carbocycles. The molecule has 0 saturated carbocycles. The fourth-order valence-electron chi connectivity index (χ4n) is 9.27. The lowest BCUT2D eigenvalue weighted by Gasteiger charge is -2.17. The van der Waals surface area contributed by atoms with Crippen molar-refractivity contribution in [1.82, 2.24) is 24.1 Å². The molecule has 296 valence electrons. The second kappa shape index (κ2) is 14.9. The van der Waals surface area contributed by atoms with Crippen molar-refractivity contribution in [3.63, 3.8) is 0 Å². The third-order valence-corrected chi connectivity index (χ3v) is 12.2. The highest BCUT2D eigenvalue weighted by molar-refractivity contribution is 6.12. The highest BCUT2D eigenvalue weighted by Crippen LogP contribution is 2.40. The number of nitrogens with zero attached hydrogens (tertiary/aromatic N) is 5. The van der Waals surface area contributed by atoms with E-state index in [-0.39, 0.29) is 0 Å². The van der Waals surface area contributed by atoms with Gasteiger partial charge in [-0.25, -0.2) is 15.0 Å². The van der Waals surface area contributed by atoms with Gasteiger partial charge in [0.25, 0.3) is 0 Å². The number of benzene rings is 9. The molecule has 0 aliphatic rings. The van der Waals surface area contributed by atoms with Gasteiger partial charge in [-0.05, 0) is 66.1 Å². The van der Waals surface area contributed by atoms with Gasteiger partial charge in [0.05, 0.1) is 27.8 Å². The molecule has 3 aromatic heterocycles. The molecule has 0 spiro atoms. The molecule has 12 aromatic rings. The lowest BCUT2D eigenvalue weighted by molar-refractivity contribution is 1.07. The molecular weight excluding hydrogens is 767 g/mol. The quantitative estimate of drug-likeness (QED) is 0.161. The summed E-state index contributed by atoms with van der Waals surface area (Å²) in [7, 11) is 0. The lowest BCUT2D eigenvalue weighted by Crippen LogP contribution is -2.02. The van der Waals surface area contributed by atoms with E-state index in [4.69, 9.17) is 15.0 Å². The molecular formula is C58H39N5. The summed E-state index contributed by atoms with van der Waals surface area (Å²) in [4.78, 5) is 15.6. The third kappa shape index (κ3) is 6.29. The smallest absolute Gasteiger partial charge is 0.164 e. The van der Waals surface area contributed by atoms with Gasteiger partial charge in [0.1, 0.15) is 0 Å². The molecule has 3 heterocycles. The summed E-state index contributed by atoms with van der Waals surface area (Å²) < 4.78 is 4.83. The highest BCUT2D eigenvalue weighted by Gasteiger charge is 2.21. The van der Waals surface area contributed by atoms with Crippen molar-refractivity contribution >= 4 is 43.6 Å². The lowest BCUT2D eigenvalue weighted by atomic mass is 10.0. The molecule has 0 atom stereocenters. The Morgan fingerprint density at radius 2 is 0.762 bits per heavy atom. The van der Waals surface area contributed by atoms with Crippen LogP contribution < -0.4 is 0 Å². The van der Waals surface area contributed by atoms with Crippen LogP contribution in [0.15, 0.2) is 218 Å². The van der Waals surface area contributed by atoms with Crippen LogP contribution in [0.1, 0.15) is 5.56 Å². The zero-order valence-corrected chi connectivity index (χ0v) is 34.5. The Balaban J connectivity index is 1.09. The summed E-state index contributed by atoms with van der Waals surface area (Å²) in [6.45, 7) is 2.10. The molecule has 0 aliphatic carbocycles. The second-order valence-corrected chi connectivity index (χ2v) is 16.1. The Labute approximate surface area is 364 Å². The molecule has 12 rings (SSSR count). The van der Waals surface area contributed by atoms with E-state index < -0.39 is 0 Å². The van der Waals surface area contributed by atoms with Crippen molar-refractivity contribution in [2.24, 2.45) is 0 Å². The molecule has 5 nitrogen and oxygen atoms in total. The number of para-hydroxylation sites is 3. The molecule has 0 amide bonds. The van der Waals surface area contributed by atoms with Crippen LogP contribution in [0, 0.1) is 6.92 Å². The predicted molar refractivity (Wildman–Crippen MR) is 260 cm³/mol. The molecule has 0 bridgehead atoms. The van der Waals surface area contributed by atoms with Gasteiger partial charge >= 0.3 is 0 Å². The van der Waals surface area contributed by atoms with E-state index in [2.05, 4.69) is 228 Å². The van der Waals surface area contributed by atoms with Gasteiger partial charge in [0.15, 0.2) is 17.5 Å². The van der Waals surface area contributed by atoms with Crippen LogP contribution in [0.4, 0.5) is 0 Å². The minimum Gasteiger partial charge on any atom is -0.309 e. The van der Waals surface area contributed by atoms with Crippen LogP contribution in [0.2, 0.25) is 0 Å². The largest absolute Gasteiger partial charge is 0.309 e. The minimum absolute atomic E-state index is 0.608. The van der Waals surface area contributed by atoms with Gasteiger partial charge in [-0.2, -0.15) is 0 Å². The van der Waals surface area contributed by atoms with Crippen LogP contribution in [0.5, 0.6) is 0 Å². The van der Waals surface area contributed by atoms with Crippen molar-refractivity contribution < 1.29 is 0 Å². The number of hydrogen-bond acceptors (Lipinski definition) is 3. The highest BCUT2D eigenvalue weighted by atomic mass is 15.0. The van der Waals surface area contributed by atoms with Crippen molar-refractivity contribution in [3.05, 3.63) is 224 Å². The van der Waals surface area contributed by atoms with Gasteiger partial charge in [-0.15, -0.1) is 0 Å². The van der Waals surface area contributed by atoms with Gasteiger partial charge in [0, 0.05) is 49.5 Å². The van der Waals surface area contributed by atoms with Crippen LogP contribution in [-0.2, 0) is 0 Å². The average molecular weight is 806 g/mol. The Hall–Kier alpha value is -8.41. The number of aromatic nitrogens is 5. The van der Waals surface area contributed by atoms with Crippen molar-refractivity contribution in [2.75, 3.05) is 0 Å². The van der Waals surface area contributed by atoms with E-state index in [1.807, 2.05) is 6.07 Å². The molecule has 0 unspecified atom stereocenters. The Bertz CT molecular complexity index is 3620. The van der Waals surface area contributed by atoms with E-state index >= 15 is 0 Å². The van der Waals surface area contributed by atoms with Crippen molar-refractivity contribution in [3.8, 4) is 67.8 Å². The van der Waals surface area contributed by atoms with E-state index in [0.29, 0.717) is 17.5 Å². The first-order valence-corrected chi connectivity index (χ1v) is 21.4. The van der Waals surface area contributed by atoms with Gasteiger partial charge in [-0.1, -0.05) is 181 Å². The molecule has 0 aliphatic heterocycles. The van der Waals surface area contributed by atoms with Gasteiger partial charge < -0.3 is 9.13 Å². The fraction of sp³-hybridized carbons (Fsp3) is 0.0172. The first-order valence-electron chi connectivity index (χ1n) is 21.4. The summed E-state index contributed by atoms with van der Waals surface area (Å²) in [6.07, 6.45) is 0. The monoisotopic (exact) mass is 805 g/mol. The zero-order chi connectivity index (χ0) is 41.9. The van der Waals surface area contributed by atoms with Gasteiger partial charge in [-0.3, -0.25) is 0 Å². The summed E-state index contributed by atoms with van der Waals surface area (Å²) in [5.41, 5.74) is 15.2. The zero-order valence-electron chi connectivity index (χ0n) is 34.5. The van der Waals surface area contributed by atoms with Gasteiger partial charge in [0.2, 0.25) is 0 Å².